The van der Waals surface area contributed by atoms with Crippen LogP contribution in [0.2, 0.25) is 0 Å². The molecule has 0 unspecified atom stereocenters. The van der Waals surface area contributed by atoms with Crippen LogP contribution in [0.25, 0.3) is 10.9 Å². The van der Waals surface area contributed by atoms with Crippen molar-refractivity contribution >= 4 is 28.3 Å². The molecule has 0 saturated carbocycles. The highest BCUT2D eigenvalue weighted by Crippen LogP contribution is 2.19. The Hall–Kier alpha value is -3.74. The molecule has 0 fully saturated rings. The highest BCUT2D eigenvalue weighted by molar-refractivity contribution is 6.04. The standard InChI is InChI=1S/C22H18F2N4O/c23-16-5-6-20(18(24)12-16)28-22(29)14-7-9-25-21(11-14)26-10-8-15-13-27-19-4-2-1-3-17(15)19/h1-7,9,11-13,27H,8,10H2,(H,25,26)(H,28,29). The van der Waals surface area contributed by atoms with Gasteiger partial charge in [0.2, 0.25) is 0 Å². The Morgan fingerprint density at radius 2 is 1.93 bits per heavy atom. The van der Waals surface area contributed by atoms with Crippen molar-refractivity contribution in [1.82, 2.24) is 9.97 Å². The molecule has 2 aromatic carbocycles. The number of H-pyrrole nitrogens is 1. The number of nitrogens with zero attached hydrogens (tertiary/aromatic N) is 1. The highest BCUT2D eigenvalue weighted by Gasteiger charge is 2.11. The first kappa shape index (κ1) is 18.6. The van der Waals surface area contributed by atoms with E-state index in [9.17, 15) is 13.6 Å². The minimum absolute atomic E-state index is 0.0814. The maximum absolute atomic E-state index is 13.7. The van der Waals surface area contributed by atoms with E-state index in [0.29, 0.717) is 17.9 Å². The van der Waals surface area contributed by atoms with E-state index in [4.69, 9.17) is 0 Å². The van der Waals surface area contributed by atoms with Gasteiger partial charge in [-0.3, -0.25) is 4.79 Å². The molecule has 7 heteroatoms. The number of aromatic nitrogens is 2. The minimum Gasteiger partial charge on any atom is -0.370 e. The van der Waals surface area contributed by atoms with Crippen LogP contribution < -0.4 is 10.6 Å². The van der Waals surface area contributed by atoms with E-state index < -0.39 is 17.5 Å². The quantitative estimate of drug-likeness (QED) is 0.444. The molecule has 1 amide bonds. The second-order valence-electron chi connectivity index (χ2n) is 6.54. The van der Waals surface area contributed by atoms with Gasteiger partial charge in [-0.25, -0.2) is 13.8 Å². The van der Waals surface area contributed by atoms with Crippen LogP contribution in [-0.2, 0) is 6.42 Å². The molecule has 0 saturated heterocycles. The van der Waals surface area contributed by atoms with Crippen LogP contribution >= 0.6 is 0 Å². The number of nitrogens with one attached hydrogen (secondary N) is 3. The summed E-state index contributed by atoms with van der Waals surface area (Å²) in [5.41, 5.74) is 2.52. The van der Waals surface area contributed by atoms with E-state index in [2.05, 4.69) is 26.7 Å². The summed E-state index contributed by atoms with van der Waals surface area (Å²) < 4.78 is 26.7. The van der Waals surface area contributed by atoms with Gasteiger partial charge < -0.3 is 15.6 Å². The zero-order valence-electron chi connectivity index (χ0n) is 15.4. The maximum Gasteiger partial charge on any atom is 0.255 e. The molecule has 0 aliphatic rings. The van der Waals surface area contributed by atoms with Crippen molar-refractivity contribution in [1.29, 1.82) is 0 Å². The number of rotatable bonds is 6. The Kier molecular flexibility index (Phi) is 5.20. The Balaban J connectivity index is 1.39. The summed E-state index contributed by atoms with van der Waals surface area (Å²) in [7, 11) is 0. The number of hydrogen-bond acceptors (Lipinski definition) is 3. The normalized spacial score (nSPS) is 10.8. The van der Waals surface area contributed by atoms with Crippen molar-refractivity contribution in [2.75, 3.05) is 17.2 Å². The molecule has 29 heavy (non-hydrogen) atoms. The van der Waals surface area contributed by atoms with Crippen LogP contribution in [0.15, 0.2) is 67.0 Å². The van der Waals surface area contributed by atoms with Crippen molar-refractivity contribution in [3.63, 3.8) is 0 Å². The summed E-state index contributed by atoms with van der Waals surface area (Å²) in [4.78, 5) is 19.8. The van der Waals surface area contributed by atoms with E-state index in [1.807, 2.05) is 24.4 Å². The van der Waals surface area contributed by atoms with Gasteiger partial charge in [0.25, 0.3) is 5.91 Å². The lowest BCUT2D eigenvalue weighted by atomic mass is 10.1. The number of carbonyl (C=O) groups is 1. The average molecular weight is 392 g/mol. The third kappa shape index (κ3) is 4.24. The van der Waals surface area contributed by atoms with Crippen LogP contribution in [0.4, 0.5) is 20.3 Å². The highest BCUT2D eigenvalue weighted by atomic mass is 19.1. The van der Waals surface area contributed by atoms with Crippen molar-refractivity contribution in [3.8, 4) is 0 Å². The van der Waals surface area contributed by atoms with E-state index in [0.717, 1.165) is 24.1 Å². The zero-order chi connectivity index (χ0) is 20.2. The van der Waals surface area contributed by atoms with Crippen LogP contribution in [0.5, 0.6) is 0 Å². The van der Waals surface area contributed by atoms with Gasteiger partial charge in [0, 0.05) is 41.5 Å². The summed E-state index contributed by atoms with van der Waals surface area (Å²) >= 11 is 0. The molecule has 0 spiro atoms. The Labute approximate surface area is 165 Å². The molecule has 0 aliphatic carbocycles. The van der Waals surface area contributed by atoms with Gasteiger partial charge >= 0.3 is 0 Å². The van der Waals surface area contributed by atoms with Gasteiger partial charge in [-0.05, 0) is 42.3 Å². The summed E-state index contributed by atoms with van der Waals surface area (Å²) in [6.45, 7) is 0.631. The molecule has 0 bridgehead atoms. The number of anilines is 2. The van der Waals surface area contributed by atoms with Gasteiger partial charge in [0.1, 0.15) is 17.5 Å². The molecule has 0 atom stereocenters. The number of aromatic amines is 1. The van der Waals surface area contributed by atoms with E-state index in [-0.39, 0.29) is 5.69 Å². The summed E-state index contributed by atoms with van der Waals surface area (Å²) in [5, 5.41) is 6.81. The van der Waals surface area contributed by atoms with Gasteiger partial charge in [-0.15, -0.1) is 0 Å². The Morgan fingerprint density at radius 3 is 2.79 bits per heavy atom. The fourth-order valence-corrected chi connectivity index (χ4v) is 3.12. The van der Waals surface area contributed by atoms with Gasteiger partial charge in [0.15, 0.2) is 0 Å². The number of fused-ring (bicyclic) bond motifs is 1. The fraction of sp³-hybridized carbons (Fsp3) is 0.0909. The number of halogens is 2. The summed E-state index contributed by atoms with van der Waals surface area (Å²) in [6.07, 6.45) is 4.27. The number of benzene rings is 2. The molecular formula is C22H18F2N4O. The molecule has 0 aliphatic heterocycles. The van der Waals surface area contributed by atoms with E-state index in [1.165, 1.54) is 29.3 Å². The van der Waals surface area contributed by atoms with E-state index >= 15 is 0 Å². The average Bonchev–Trinajstić information content (AvgIpc) is 3.13. The predicted octanol–water partition coefficient (Wildman–Crippen LogP) is 4.75. The first-order valence-corrected chi connectivity index (χ1v) is 9.11. The molecule has 3 N–H and O–H groups in total. The number of hydrogen-bond donors (Lipinski definition) is 3. The monoisotopic (exact) mass is 392 g/mol. The number of carbonyl (C=O) groups excluding carboxylic acids is 1. The molecule has 146 valence electrons. The van der Waals surface area contributed by atoms with Gasteiger partial charge in [-0.2, -0.15) is 0 Å². The van der Waals surface area contributed by atoms with Crippen molar-refractivity contribution < 1.29 is 13.6 Å². The van der Waals surface area contributed by atoms with Crippen LogP contribution in [0.3, 0.4) is 0 Å². The second-order valence-corrected chi connectivity index (χ2v) is 6.54. The smallest absolute Gasteiger partial charge is 0.255 e. The predicted molar refractivity (Wildman–Crippen MR) is 109 cm³/mol. The summed E-state index contributed by atoms with van der Waals surface area (Å²) in [5.74, 6) is -1.50. The van der Waals surface area contributed by atoms with Crippen LogP contribution in [0, 0.1) is 11.6 Å². The van der Waals surface area contributed by atoms with Crippen LogP contribution in [0.1, 0.15) is 15.9 Å². The molecule has 5 nitrogen and oxygen atoms in total. The Morgan fingerprint density at radius 1 is 1.07 bits per heavy atom. The topological polar surface area (TPSA) is 69.8 Å². The lowest BCUT2D eigenvalue weighted by Crippen LogP contribution is -2.14. The molecule has 2 heterocycles. The SMILES string of the molecule is O=C(Nc1ccc(F)cc1F)c1ccnc(NCCc2c[nH]c3ccccc23)c1. The zero-order valence-corrected chi connectivity index (χ0v) is 15.4. The maximum atomic E-state index is 13.7. The first-order chi connectivity index (χ1) is 14.1. The molecule has 4 rings (SSSR count). The second kappa shape index (κ2) is 8.10. The minimum atomic E-state index is -0.829. The third-order valence-corrected chi connectivity index (χ3v) is 4.58. The van der Waals surface area contributed by atoms with Crippen molar-refractivity contribution in [2.45, 2.75) is 6.42 Å². The summed E-state index contributed by atoms with van der Waals surface area (Å²) in [6, 6.07) is 14.2. The Bertz CT molecular complexity index is 1170. The van der Waals surface area contributed by atoms with Crippen molar-refractivity contribution in [3.05, 3.63) is 89.8 Å². The fourth-order valence-electron chi connectivity index (χ4n) is 3.12. The van der Waals surface area contributed by atoms with Gasteiger partial charge in [0.05, 0.1) is 5.69 Å². The number of amides is 1. The van der Waals surface area contributed by atoms with Gasteiger partial charge in [-0.1, -0.05) is 18.2 Å². The largest absolute Gasteiger partial charge is 0.370 e. The first-order valence-electron chi connectivity index (χ1n) is 9.11. The van der Waals surface area contributed by atoms with Crippen LogP contribution in [-0.4, -0.2) is 22.4 Å². The lowest BCUT2D eigenvalue weighted by molar-refractivity contribution is 0.102. The lowest BCUT2D eigenvalue weighted by Gasteiger charge is -2.09. The molecule has 4 aromatic rings. The van der Waals surface area contributed by atoms with Crippen molar-refractivity contribution in [2.24, 2.45) is 0 Å². The molecule has 0 radical (unpaired) electrons. The molecular weight excluding hydrogens is 374 g/mol. The van der Waals surface area contributed by atoms with E-state index in [1.54, 1.807) is 6.07 Å². The number of pyridine rings is 1. The third-order valence-electron chi connectivity index (χ3n) is 4.58. The number of para-hydroxylation sites is 1. The molecule has 2 aromatic heterocycles.